The van der Waals surface area contributed by atoms with E-state index in [1.165, 1.54) is 0 Å². The molecule has 1 aliphatic heterocycles. The fourth-order valence-electron chi connectivity index (χ4n) is 1.81. The number of hydrogen-bond donors (Lipinski definition) is 2. The smallest absolute Gasteiger partial charge is 0.251 e. The quantitative estimate of drug-likeness (QED) is 0.606. The maximum atomic E-state index is 11.5. The first kappa shape index (κ1) is 9.06. The van der Waals surface area contributed by atoms with E-state index in [0.29, 0.717) is 12.2 Å². The van der Waals surface area contributed by atoms with Crippen LogP contribution in [0.1, 0.15) is 29.8 Å². The summed E-state index contributed by atoms with van der Waals surface area (Å²) >= 11 is 0. The van der Waals surface area contributed by atoms with Gasteiger partial charge in [-0.25, -0.2) is 0 Å². The predicted octanol–water partition coefficient (Wildman–Crippen LogP) is 1.29. The number of fused-ring (bicyclic) bond motifs is 1. The maximum Gasteiger partial charge on any atom is 0.251 e. The Hall–Kier alpha value is -1.51. The van der Waals surface area contributed by atoms with E-state index >= 15 is 0 Å². The Kier molecular flexibility index (Phi) is 1.77. The second kappa shape index (κ2) is 2.74. The fraction of sp³-hybridized carbons (Fsp3) is 0.364. The van der Waals surface area contributed by atoms with Gasteiger partial charge >= 0.3 is 0 Å². The molecule has 0 radical (unpaired) electrons. The molecule has 1 amide bonds. The molecule has 2 rings (SSSR count). The molecule has 0 saturated heterocycles. The summed E-state index contributed by atoms with van der Waals surface area (Å²) in [6.07, 6.45) is 0. The summed E-state index contributed by atoms with van der Waals surface area (Å²) in [7, 11) is 0. The van der Waals surface area contributed by atoms with E-state index in [1.807, 2.05) is 6.07 Å². The molecule has 0 fully saturated rings. The van der Waals surface area contributed by atoms with Gasteiger partial charge in [-0.1, -0.05) is 13.8 Å². The summed E-state index contributed by atoms with van der Waals surface area (Å²) in [6.45, 7) is 4.87. The minimum atomic E-state index is -0.0291. The highest BCUT2D eigenvalue weighted by Gasteiger charge is 2.31. The van der Waals surface area contributed by atoms with Gasteiger partial charge in [0.2, 0.25) is 0 Å². The zero-order valence-corrected chi connectivity index (χ0v) is 8.42. The van der Waals surface area contributed by atoms with Crippen molar-refractivity contribution < 1.29 is 4.79 Å². The van der Waals surface area contributed by atoms with Crippen molar-refractivity contribution in [3.05, 3.63) is 29.3 Å². The van der Waals surface area contributed by atoms with Crippen molar-refractivity contribution in [3.8, 4) is 0 Å². The van der Waals surface area contributed by atoms with E-state index in [2.05, 4.69) is 19.2 Å². The summed E-state index contributed by atoms with van der Waals surface area (Å²) in [5.41, 5.74) is 8.19. The summed E-state index contributed by atoms with van der Waals surface area (Å²) in [5, 5.41) is 2.87. The molecule has 1 aromatic carbocycles. The largest absolute Gasteiger partial charge is 0.399 e. The average Bonchev–Trinajstić information content (AvgIpc) is 2.12. The third kappa shape index (κ3) is 1.25. The summed E-state index contributed by atoms with van der Waals surface area (Å²) in [4.78, 5) is 11.5. The van der Waals surface area contributed by atoms with Crippen LogP contribution in [0, 0.1) is 0 Å². The Morgan fingerprint density at radius 2 is 2.14 bits per heavy atom. The van der Waals surface area contributed by atoms with Crippen molar-refractivity contribution in [2.75, 3.05) is 12.3 Å². The first-order valence-electron chi connectivity index (χ1n) is 4.69. The summed E-state index contributed by atoms with van der Waals surface area (Å²) in [5.74, 6) is -0.000625. The lowest BCUT2D eigenvalue weighted by Crippen LogP contribution is -2.43. The van der Waals surface area contributed by atoms with Crippen LogP contribution in [0.2, 0.25) is 0 Å². The highest BCUT2D eigenvalue weighted by atomic mass is 16.1. The van der Waals surface area contributed by atoms with Crippen LogP contribution in [0.15, 0.2) is 18.2 Å². The van der Waals surface area contributed by atoms with Gasteiger partial charge in [0.15, 0.2) is 0 Å². The van der Waals surface area contributed by atoms with Gasteiger partial charge in [-0.3, -0.25) is 4.79 Å². The Bertz CT molecular complexity index is 396. The molecular weight excluding hydrogens is 176 g/mol. The van der Waals surface area contributed by atoms with Gasteiger partial charge in [0.05, 0.1) is 0 Å². The number of hydrogen-bond acceptors (Lipinski definition) is 2. The molecule has 1 aromatic rings. The molecule has 3 N–H and O–H groups in total. The number of amides is 1. The Balaban J connectivity index is 2.64. The molecule has 0 atom stereocenters. The molecule has 1 aliphatic rings. The average molecular weight is 190 g/mol. The molecule has 0 aromatic heterocycles. The van der Waals surface area contributed by atoms with E-state index < -0.39 is 0 Å². The van der Waals surface area contributed by atoms with Gasteiger partial charge < -0.3 is 11.1 Å². The molecule has 0 bridgehead atoms. The van der Waals surface area contributed by atoms with Crippen molar-refractivity contribution in [2.24, 2.45) is 0 Å². The minimum Gasteiger partial charge on any atom is -0.399 e. The normalized spacial score (nSPS) is 18.6. The van der Waals surface area contributed by atoms with Crippen LogP contribution in [0.4, 0.5) is 5.69 Å². The van der Waals surface area contributed by atoms with Gasteiger partial charge in [0.25, 0.3) is 5.91 Å². The Morgan fingerprint density at radius 1 is 1.43 bits per heavy atom. The molecule has 3 heteroatoms. The number of nitrogens with one attached hydrogen (secondary N) is 1. The van der Waals surface area contributed by atoms with Crippen LogP contribution < -0.4 is 11.1 Å². The van der Waals surface area contributed by atoms with Crippen molar-refractivity contribution >= 4 is 11.6 Å². The number of rotatable bonds is 0. The fourth-order valence-corrected chi connectivity index (χ4v) is 1.81. The Morgan fingerprint density at radius 3 is 2.86 bits per heavy atom. The maximum absolute atomic E-state index is 11.5. The van der Waals surface area contributed by atoms with E-state index in [0.717, 1.165) is 11.1 Å². The van der Waals surface area contributed by atoms with Crippen LogP contribution in [-0.2, 0) is 5.41 Å². The number of carbonyl (C=O) groups is 1. The zero-order chi connectivity index (χ0) is 10.3. The van der Waals surface area contributed by atoms with E-state index in [9.17, 15) is 4.79 Å². The van der Waals surface area contributed by atoms with Crippen molar-refractivity contribution in [3.63, 3.8) is 0 Å². The molecule has 3 nitrogen and oxygen atoms in total. The molecule has 1 heterocycles. The van der Waals surface area contributed by atoms with Gasteiger partial charge in [0, 0.05) is 23.2 Å². The minimum absolute atomic E-state index is 0.000625. The number of benzene rings is 1. The third-order valence-corrected chi connectivity index (χ3v) is 2.71. The highest BCUT2D eigenvalue weighted by Crippen LogP contribution is 2.30. The molecule has 0 spiro atoms. The number of nitrogens with two attached hydrogens (primary N) is 1. The Labute approximate surface area is 83.3 Å². The van der Waals surface area contributed by atoms with E-state index in [1.54, 1.807) is 12.1 Å². The lowest BCUT2D eigenvalue weighted by atomic mass is 9.79. The summed E-state index contributed by atoms with van der Waals surface area (Å²) < 4.78 is 0. The molecule has 0 aliphatic carbocycles. The van der Waals surface area contributed by atoms with Gasteiger partial charge in [-0.2, -0.15) is 0 Å². The second-order valence-electron chi connectivity index (χ2n) is 4.37. The highest BCUT2D eigenvalue weighted by molar-refractivity contribution is 5.97. The van der Waals surface area contributed by atoms with Crippen molar-refractivity contribution in [2.45, 2.75) is 19.3 Å². The zero-order valence-electron chi connectivity index (χ0n) is 8.42. The monoisotopic (exact) mass is 190 g/mol. The van der Waals surface area contributed by atoms with Crippen LogP contribution in [-0.4, -0.2) is 12.5 Å². The number of nitrogen functional groups attached to an aromatic ring is 1. The molecule has 0 unspecified atom stereocenters. The number of carbonyl (C=O) groups excluding carboxylic acids is 1. The van der Waals surface area contributed by atoms with E-state index in [-0.39, 0.29) is 11.3 Å². The first-order valence-corrected chi connectivity index (χ1v) is 4.69. The predicted molar refractivity (Wildman–Crippen MR) is 56.2 cm³/mol. The standard InChI is InChI=1S/C11H14N2O/c1-11(2)6-13-10(14)8-4-3-7(12)5-9(8)11/h3-5H,6,12H2,1-2H3,(H,13,14). The van der Waals surface area contributed by atoms with E-state index in [4.69, 9.17) is 5.73 Å². The van der Waals surface area contributed by atoms with Crippen molar-refractivity contribution in [1.29, 1.82) is 0 Å². The molecule has 74 valence electrons. The third-order valence-electron chi connectivity index (χ3n) is 2.71. The number of anilines is 1. The van der Waals surface area contributed by atoms with Crippen LogP contribution >= 0.6 is 0 Å². The van der Waals surface area contributed by atoms with Gasteiger partial charge in [-0.05, 0) is 23.8 Å². The van der Waals surface area contributed by atoms with Crippen LogP contribution in [0.25, 0.3) is 0 Å². The van der Waals surface area contributed by atoms with Crippen LogP contribution in [0.3, 0.4) is 0 Å². The second-order valence-corrected chi connectivity index (χ2v) is 4.37. The lowest BCUT2D eigenvalue weighted by Gasteiger charge is -2.32. The van der Waals surface area contributed by atoms with Crippen molar-refractivity contribution in [1.82, 2.24) is 5.32 Å². The van der Waals surface area contributed by atoms with Crippen LogP contribution in [0.5, 0.6) is 0 Å². The molecule has 14 heavy (non-hydrogen) atoms. The van der Waals surface area contributed by atoms with Gasteiger partial charge in [-0.15, -0.1) is 0 Å². The van der Waals surface area contributed by atoms with Gasteiger partial charge in [0.1, 0.15) is 0 Å². The lowest BCUT2D eigenvalue weighted by molar-refractivity contribution is 0.0930. The SMILES string of the molecule is CC1(C)CNC(=O)c2ccc(N)cc21. The first-order chi connectivity index (χ1) is 6.50. The molecular formula is C11H14N2O. The topological polar surface area (TPSA) is 55.1 Å². The summed E-state index contributed by atoms with van der Waals surface area (Å²) in [6, 6.07) is 5.45. The molecule has 0 saturated carbocycles.